The summed E-state index contributed by atoms with van der Waals surface area (Å²) in [6.45, 7) is 8.04. The fourth-order valence-corrected chi connectivity index (χ4v) is 3.70. The molecule has 0 saturated carbocycles. The number of thioether (sulfide) groups is 1. The van der Waals surface area contributed by atoms with Crippen LogP contribution >= 0.6 is 11.8 Å². The largest absolute Gasteiger partial charge is 0.352 e. The normalized spacial score (nSPS) is 15.3. The average molecular weight is 379 g/mol. The van der Waals surface area contributed by atoms with E-state index < -0.39 is 0 Å². The summed E-state index contributed by atoms with van der Waals surface area (Å²) >= 11 is 1.47. The number of carbonyl (C=O) groups excluding carboxylic acids is 2. The highest BCUT2D eigenvalue weighted by Gasteiger charge is 2.20. The summed E-state index contributed by atoms with van der Waals surface area (Å²) in [4.78, 5) is 35.6. The maximum Gasteiger partial charge on any atom is 0.255 e. The maximum absolute atomic E-state index is 12.6. The molecule has 0 bridgehead atoms. The van der Waals surface area contributed by atoms with Gasteiger partial charge in [0.05, 0.1) is 11.3 Å². The first-order valence-electron chi connectivity index (χ1n) is 9.42. The van der Waals surface area contributed by atoms with E-state index in [2.05, 4.69) is 15.3 Å². The molecule has 1 N–H and O–H groups in total. The minimum Gasteiger partial charge on any atom is -0.352 e. The Bertz CT molecular complexity index is 649. The van der Waals surface area contributed by atoms with Gasteiger partial charge in [0.25, 0.3) is 5.91 Å². The summed E-state index contributed by atoms with van der Waals surface area (Å²) in [5.41, 5.74) is 1.28. The van der Waals surface area contributed by atoms with Crippen LogP contribution in [0.25, 0.3) is 0 Å². The van der Waals surface area contributed by atoms with Crippen LogP contribution in [0.3, 0.4) is 0 Å². The van der Waals surface area contributed by atoms with Crippen LogP contribution in [0, 0.1) is 6.92 Å². The van der Waals surface area contributed by atoms with Crippen molar-refractivity contribution >= 4 is 23.6 Å². The molecule has 0 aromatic carbocycles. The molecule has 1 aromatic heterocycles. The molecule has 0 radical (unpaired) electrons. The van der Waals surface area contributed by atoms with Gasteiger partial charge < -0.3 is 10.2 Å². The molecule has 26 heavy (non-hydrogen) atoms. The Morgan fingerprint density at radius 2 is 2.04 bits per heavy atom. The number of hydrogen-bond donors (Lipinski definition) is 1. The van der Waals surface area contributed by atoms with Gasteiger partial charge in [0.1, 0.15) is 10.9 Å². The third-order valence-corrected chi connectivity index (χ3v) is 5.25. The van der Waals surface area contributed by atoms with E-state index >= 15 is 0 Å². The molecule has 2 rings (SSSR count). The summed E-state index contributed by atoms with van der Waals surface area (Å²) in [5, 5.41) is 3.69. The van der Waals surface area contributed by atoms with Crippen LogP contribution in [0.2, 0.25) is 0 Å². The molecular formula is C19H30N4O2S. The monoisotopic (exact) mass is 378 g/mol. The second kappa shape index (κ2) is 9.90. The molecular weight excluding hydrogens is 348 g/mol. The van der Waals surface area contributed by atoms with Gasteiger partial charge in [0.2, 0.25) is 5.91 Å². The smallest absolute Gasteiger partial charge is 0.255 e. The number of hydrogen-bond acceptors (Lipinski definition) is 5. The number of nitrogens with zero attached hydrogens (tertiary/aromatic N) is 3. The fraction of sp³-hybridized carbons (Fsp3) is 0.684. The Hall–Kier alpha value is -1.63. The zero-order chi connectivity index (χ0) is 19.1. The number of amides is 2. The molecule has 2 amide bonds. The van der Waals surface area contributed by atoms with E-state index in [0.29, 0.717) is 30.8 Å². The zero-order valence-corrected chi connectivity index (χ0v) is 17.1. The lowest BCUT2D eigenvalue weighted by Gasteiger charge is -2.20. The van der Waals surface area contributed by atoms with Crippen molar-refractivity contribution in [2.24, 2.45) is 0 Å². The van der Waals surface area contributed by atoms with E-state index in [1.54, 1.807) is 0 Å². The molecule has 1 aliphatic heterocycles. The Morgan fingerprint density at radius 1 is 1.27 bits per heavy atom. The summed E-state index contributed by atoms with van der Waals surface area (Å²) in [7, 11) is 0. The van der Waals surface area contributed by atoms with Crippen molar-refractivity contribution in [2.45, 2.75) is 63.8 Å². The van der Waals surface area contributed by atoms with Gasteiger partial charge in [-0.1, -0.05) is 20.3 Å². The number of likely N-dealkylation sites (tertiary alicyclic amines) is 1. The van der Waals surface area contributed by atoms with E-state index in [0.717, 1.165) is 43.1 Å². The molecule has 0 unspecified atom stereocenters. The fourth-order valence-electron chi connectivity index (χ4n) is 3.07. The second-order valence-electron chi connectivity index (χ2n) is 7.01. The molecule has 1 aromatic rings. The topological polar surface area (TPSA) is 75.2 Å². The first-order chi connectivity index (χ1) is 12.4. The van der Waals surface area contributed by atoms with Crippen LogP contribution in [-0.2, 0) is 4.79 Å². The number of aromatic nitrogens is 2. The highest BCUT2D eigenvalue weighted by atomic mass is 32.2. The van der Waals surface area contributed by atoms with Gasteiger partial charge in [-0.25, -0.2) is 9.97 Å². The van der Waals surface area contributed by atoms with Crippen LogP contribution < -0.4 is 5.32 Å². The third kappa shape index (κ3) is 5.43. The minimum absolute atomic E-state index is 0.135. The molecule has 1 aliphatic rings. The molecule has 2 heterocycles. The van der Waals surface area contributed by atoms with Gasteiger partial charge in [-0.15, -0.1) is 11.8 Å². The SMILES string of the molecule is CSc1nc(C(C)C)nc(C)c1C(=O)NCCCN1CCCCCC1=O. The molecule has 0 atom stereocenters. The third-order valence-electron chi connectivity index (χ3n) is 4.57. The first kappa shape index (κ1) is 20.7. The van der Waals surface area contributed by atoms with Crippen molar-refractivity contribution in [3.63, 3.8) is 0 Å². The zero-order valence-electron chi connectivity index (χ0n) is 16.3. The summed E-state index contributed by atoms with van der Waals surface area (Å²) in [6, 6.07) is 0. The lowest BCUT2D eigenvalue weighted by atomic mass is 10.1. The molecule has 1 fully saturated rings. The number of nitrogens with one attached hydrogen (secondary N) is 1. The highest BCUT2D eigenvalue weighted by molar-refractivity contribution is 7.98. The Balaban J connectivity index is 1.92. The minimum atomic E-state index is -0.135. The molecule has 1 saturated heterocycles. The highest BCUT2D eigenvalue weighted by Crippen LogP contribution is 2.23. The van der Waals surface area contributed by atoms with Gasteiger partial charge >= 0.3 is 0 Å². The first-order valence-corrected chi connectivity index (χ1v) is 10.6. The Morgan fingerprint density at radius 3 is 2.73 bits per heavy atom. The van der Waals surface area contributed by atoms with E-state index in [4.69, 9.17) is 0 Å². The molecule has 6 nitrogen and oxygen atoms in total. The van der Waals surface area contributed by atoms with Gasteiger partial charge in [0, 0.05) is 32.0 Å². The number of carbonyl (C=O) groups is 2. The standard InChI is InChI=1S/C19H30N4O2S/c1-13(2)17-21-14(3)16(19(22-17)26-4)18(25)20-10-8-12-23-11-7-5-6-9-15(23)24/h13H,5-12H2,1-4H3,(H,20,25). The quantitative estimate of drug-likeness (QED) is 0.448. The van der Waals surface area contributed by atoms with Crippen molar-refractivity contribution in [2.75, 3.05) is 25.9 Å². The molecule has 7 heteroatoms. The Labute approximate surface area is 160 Å². The number of rotatable bonds is 7. The van der Waals surface area contributed by atoms with E-state index in [1.165, 1.54) is 11.8 Å². The second-order valence-corrected chi connectivity index (χ2v) is 7.80. The van der Waals surface area contributed by atoms with E-state index in [-0.39, 0.29) is 17.7 Å². The predicted octanol–water partition coefficient (Wildman–Crippen LogP) is 3.15. The molecule has 0 spiro atoms. The van der Waals surface area contributed by atoms with Crippen LogP contribution in [0.15, 0.2) is 5.03 Å². The van der Waals surface area contributed by atoms with Gasteiger partial charge in [-0.05, 0) is 32.4 Å². The lowest BCUT2D eigenvalue weighted by Crippen LogP contribution is -2.34. The van der Waals surface area contributed by atoms with Gasteiger partial charge in [-0.2, -0.15) is 0 Å². The molecule has 0 aliphatic carbocycles. The lowest BCUT2D eigenvalue weighted by molar-refractivity contribution is -0.130. The van der Waals surface area contributed by atoms with Crippen LogP contribution in [0.4, 0.5) is 0 Å². The van der Waals surface area contributed by atoms with Gasteiger partial charge in [0.15, 0.2) is 0 Å². The summed E-state index contributed by atoms with van der Waals surface area (Å²) in [6.07, 6.45) is 6.54. The van der Waals surface area contributed by atoms with Crippen LogP contribution in [0.5, 0.6) is 0 Å². The van der Waals surface area contributed by atoms with Crippen molar-refractivity contribution in [3.8, 4) is 0 Å². The van der Waals surface area contributed by atoms with Crippen molar-refractivity contribution in [1.29, 1.82) is 0 Å². The van der Waals surface area contributed by atoms with Crippen LogP contribution in [-0.4, -0.2) is 52.6 Å². The summed E-state index contributed by atoms with van der Waals surface area (Å²) < 4.78 is 0. The van der Waals surface area contributed by atoms with Crippen LogP contribution in [0.1, 0.15) is 73.7 Å². The molecule has 144 valence electrons. The van der Waals surface area contributed by atoms with Crippen molar-refractivity contribution < 1.29 is 9.59 Å². The van der Waals surface area contributed by atoms with E-state index in [9.17, 15) is 9.59 Å². The number of aryl methyl sites for hydroxylation is 1. The van der Waals surface area contributed by atoms with E-state index in [1.807, 2.05) is 31.9 Å². The summed E-state index contributed by atoms with van der Waals surface area (Å²) in [5.74, 6) is 1.10. The van der Waals surface area contributed by atoms with Crippen molar-refractivity contribution in [1.82, 2.24) is 20.2 Å². The Kier molecular flexibility index (Phi) is 7.87. The maximum atomic E-state index is 12.6. The van der Waals surface area contributed by atoms with Gasteiger partial charge in [-0.3, -0.25) is 9.59 Å². The predicted molar refractivity (Wildman–Crippen MR) is 105 cm³/mol. The average Bonchev–Trinajstić information content (AvgIpc) is 2.81. The van der Waals surface area contributed by atoms with Crippen molar-refractivity contribution in [3.05, 3.63) is 17.1 Å².